The highest BCUT2D eigenvalue weighted by atomic mass is 16.5. The molecule has 6 nitrogen and oxygen atoms in total. The molecule has 1 aliphatic rings. The first-order valence-corrected chi connectivity index (χ1v) is 6.48. The first-order valence-electron chi connectivity index (χ1n) is 6.48. The number of amides is 3. The molecule has 1 aromatic rings. The van der Waals surface area contributed by atoms with Crippen molar-refractivity contribution in [2.24, 2.45) is 0 Å². The van der Waals surface area contributed by atoms with Crippen molar-refractivity contribution in [2.45, 2.75) is 13.3 Å². The summed E-state index contributed by atoms with van der Waals surface area (Å²) >= 11 is 0. The Hall–Kier alpha value is -2.76. The van der Waals surface area contributed by atoms with E-state index in [0.29, 0.717) is 29.9 Å². The number of carbonyl (C=O) groups is 2. The standard InChI is InChI=1S/C15H16N2O4/c1-3-5-10-6-9(8-12(13(10)18)21-4-2)7-11-14(19)17-15(20)16-11/h3,6-8,18H,1,4-5H2,2H3,(H2,16,17,19,20). The van der Waals surface area contributed by atoms with Gasteiger partial charge in [-0.2, -0.15) is 0 Å². The van der Waals surface area contributed by atoms with Crippen LogP contribution < -0.4 is 15.4 Å². The molecule has 0 unspecified atom stereocenters. The average molecular weight is 288 g/mol. The molecule has 3 amide bonds. The fraction of sp³-hybridized carbons (Fsp3) is 0.200. The summed E-state index contributed by atoms with van der Waals surface area (Å²) < 4.78 is 5.38. The van der Waals surface area contributed by atoms with Gasteiger partial charge >= 0.3 is 6.03 Å². The molecule has 110 valence electrons. The maximum absolute atomic E-state index is 11.5. The number of hydrogen-bond acceptors (Lipinski definition) is 4. The predicted octanol–water partition coefficient (Wildman–Crippen LogP) is 1.70. The number of benzene rings is 1. The van der Waals surface area contributed by atoms with Crippen LogP contribution in [0.4, 0.5) is 4.79 Å². The molecule has 3 N–H and O–H groups in total. The van der Waals surface area contributed by atoms with Crippen molar-refractivity contribution in [3.63, 3.8) is 0 Å². The number of urea groups is 1. The molecule has 0 atom stereocenters. The lowest BCUT2D eigenvalue weighted by atomic mass is 10.0. The average Bonchev–Trinajstić information content (AvgIpc) is 2.74. The first kappa shape index (κ1) is 14.6. The summed E-state index contributed by atoms with van der Waals surface area (Å²) in [5.74, 6) is -0.108. The summed E-state index contributed by atoms with van der Waals surface area (Å²) in [7, 11) is 0. The molecule has 1 aliphatic heterocycles. The minimum Gasteiger partial charge on any atom is -0.504 e. The van der Waals surface area contributed by atoms with Crippen LogP contribution in [0, 0.1) is 0 Å². The lowest BCUT2D eigenvalue weighted by Crippen LogP contribution is -2.22. The van der Waals surface area contributed by atoms with E-state index >= 15 is 0 Å². The summed E-state index contributed by atoms with van der Waals surface area (Å²) in [5.41, 5.74) is 1.42. The summed E-state index contributed by atoms with van der Waals surface area (Å²) in [6.07, 6.45) is 3.64. The van der Waals surface area contributed by atoms with Gasteiger partial charge in [-0.3, -0.25) is 10.1 Å². The van der Waals surface area contributed by atoms with E-state index in [1.165, 1.54) is 6.08 Å². The molecule has 0 aromatic heterocycles. The summed E-state index contributed by atoms with van der Waals surface area (Å²) in [4.78, 5) is 22.6. The third-order valence-corrected chi connectivity index (χ3v) is 2.87. The Morgan fingerprint density at radius 1 is 1.33 bits per heavy atom. The Kier molecular flexibility index (Phi) is 4.27. The normalized spacial score (nSPS) is 15.8. The molecule has 1 heterocycles. The van der Waals surface area contributed by atoms with Crippen molar-refractivity contribution in [3.8, 4) is 11.5 Å². The Balaban J connectivity index is 2.43. The minimum atomic E-state index is -0.554. The maximum Gasteiger partial charge on any atom is 0.326 e. The zero-order chi connectivity index (χ0) is 15.4. The van der Waals surface area contributed by atoms with Crippen molar-refractivity contribution < 1.29 is 19.4 Å². The van der Waals surface area contributed by atoms with Gasteiger partial charge in [0.15, 0.2) is 11.5 Å². The van der Waals surface area contributed by atoms with Gasteiger partial charge in [0, 0.05) is 5.56 Å². The van der Waals surface area contributed by atoms with Gasteiger partial charge in [-0.1, -0.05) is 6.08 Å². The van der Waals surface area contributed by atoms with E-state index < -0.39 is 11.9 Å². The third kappa shape index (κ3) is 3.22. The molecule has 0 spiro atoms. The largest absolute Gasteiger partial charge is 0.504 e. The fourth-order valence-corrected chi connectivity index (χ4v) is 2.00. The zero-order valence-electron chi connectivity index (χ0n) is 11.6. The zero-order valence-corrected chi connectivity index (χ0v) is 11.6. The van der Waals surface area contributed by atoms with Crippen LogP contribution >= 0.6 is 0 Å². The Labute approximate surface area is 122 Å². The quantitative estimate of drug-likeness (QED) is 0.437. The first-order chi connectivity index (χ1) is 10.0. The second-order valence-corrected chi connectivity index (χ2v) is 4.42. The molecule has 0 radical (unpaired) electrons. The van der Waals surface area contributed by atoms with E-state index in [1.807, 2.05) is 6.92 Å². The molecule has 0 bridgehead atoms. The van der Waals surface area contributed by atoms with Crippen LogP contribution in [-0.2, 0) is 11.2 Å². The van der Waals surface area contributed by atoms with E-state index in [4.69, 9.17) is 4.74 Å². The summed E-state index contributed by atoms with van der Waals surface area (Å²) in [5, 5.41) is 14.6. The number of aromatic hydroxyl groups is 1. The summed E-state index contributed by atoms with van der Waals surface area (Å²) in [6.45, 7) is 5.85. The number of hydrogen-bond donors (Lipinski definition) is 3. The topological polar surface area (TPSA) is 87.7 Å². The van der Waals surface area contributed by atoms with Crippen LogP contribution in [0.1, 0.15) is 18.1 Å². The van der Waals surface area contributed by atoms with Gasteiger partial charge in [0.05, 0.1) is 6.61 Å². The number of phenolic OH excluding ortho intramolecular Hbond substituents is 1. The summed E-state index contributed by atoms with van der Waals surface area (Å²) in [6, 6.07) is 2.77. The number of imide groups is 1. The molecule has 21 heavy (non-hydrogen) atoms. The van der Waals surface area contributed by atoms with E-state index in [9.17, 15) is 14.7 Å². The Morgan fingerprint density at radius 2 is 2.10 bits per heavy atom. The molecular formula is C15H16N2O4. The molecular weight excluding hydrogens is 272 g/mol. The highest BCUT2D eigenvalue weighted by Gasteiger charge is 2.23. The van der Waals surface area contributed by atoms with Crippen molar-refractivity contribution in [2.75, 3.05) is 6.61 Å². The predicted molar refractivity (Wildman–Crippen MR) is 77.8 cm³/mol. The van der Waals surface area contributed by atoms with Gasteiger partial charge < -0.3 is 15.2 Å². The number of phenols is 1. The molecule has 0 saturated carbocycles. The lowest BCUT2D eigenvalue weighted by molar-refractivity contribution is -0.115. The van der Waals surface area contributed by atoms with Crippen molar-refractivity contribution in [3.05, 3.63) is 41.6 Å². The molecule has 2 rings (SSSR count). The van der Waals surface area contributed by atoms with Crippen LogP contribution in [0.2, 0.25) is 0 Å². The van der Waals surface area contributed by atoms with Crippen molar-refractivity contribution >= 4 is 18.0 Å². The second kappa shape index (κ2) is 6.13. The lowest BCUT2D eigenvalue weighted by Gasteiger charge is -2.11. The number of rotatable bonds is 5. The van der Waals surface area contributed by atoms with Gasteiger partial charge in [0.25, 0.3) is 5.91 Å². The van der Waals surface area contributed by atoms with Crippen LogP contribution in [0.5, 0.6) is 11.5 Å². The van der Waals surface area contributed by atoms with Gasteiger partial charge in [0.1, 0.15) is 5.70 Å². The molecule has 0 aliphatic carbocycles. The van der Waals surface area contributed by atoms with Gasteiger partial charge in [0.2, 0.25) is 0 Å². The van der Waals surface area contributed by atoms with Crippen molar-refractivity contribution in [1.82, 2.24) is 10.6 Å². The Bertz CT molecular complexity index is 635. The number of nitrogens with one attached hydrogen (secondary N) is 2. The smallest absolute Gasteiger partial charge is 0.326 e. The maximum atomic E-state index is 11.5. The van der Waals surface area contributed by atoms with Crippen molar-refractivity contribution in [1.29, 1.82) is 0 Å². The SMILES string of the molecule is C=CCc1cc(C=C2NC(=O)NC2=O)cc(OCC)c1O. The third-order valence-electron chi connectivity index (χ3n) is 2.87. The minimum absolute atomic E-state index is 0.0545. The number of allylic oxidation sites excluding steroid dienone is 1. The van der Waals surface area contributed by atoms with Crippen LogP contribution in [0.25, 0.3) is 6.08 Å². The van der Waals surface area contributed by atoms with E-state index in [0.717, 1.165) is 0 Å². The van der Waals surface area contributed by atoms with Gasteiger partial charge in [-0.25, -0.2) is 4.79 Å². The Morgan fingerprint density at radius 3 is 2.67 bits per heavy atom. The second-order valence-electron chi connectivity index (χ2n) is 4.42. The highest BCUT2D eigenvalue weighted by molar-refractivity contribution is 6.14. The fourth-order valence-electron chi connectivity index (χ4n) is 2.00. The van der Waals surface area contributed by atoms with Crippen LogP contribution in [0.15, 0.2) is 30.5 Å². The van der Waals surface area contributed by atoms with Gasteiger partial charge in [-0.05, 0) is 37.1 Å². The van der Waals surface area contributed by atoms with Gasteiger partial charge in [-0.15, -0.1) is 6.58 Å². The highest BCUT2D eigenvalue weighted by Crippen LogP contribution is 2.33. The molecule has 1 fully saturated rings. The molecule has 6 heteroatoms. The number of ether oxygens (including phenoxy) is 1. The van der Waals surface area contributed by atoms with E-state index in [-0.39, 0.29) is 11.4 Å². The number of carbonyl (C=O) groups excluding carboxylic acids is 2. The molecule has 1 aromatic carbocycles. The van der Waals surface area contributed by atoms with Crippen LogP contribution in [-0.4, -0.2) is 23.7 Å². The van der Waals surface area contributed by atoms with Crippen LogP contribution in [0.3, 0.4) is 0 Å². The van der Waals surface area contributed by atoms with E-state index in [1.54, 1.807) is 18.2 Å². The van der Waals surface area contributed by atoms with E-state index in [2.05, 4.69) is 17.2 Å². The monoisotopic (exact) mass is 288 g/mol. The molecule has 1 saturated heterocycles.